The molecule has 0 amide bonds. The van der Waals surface area contributed by atoms with E-state index in [1.807, 2.05) is 19.1 Å². The van der Waals surface area contributed by atoms with Gasteiger partial charge in [0.15, 0.2) is 0 Å². The number of hydrogen-bond acceptors (Lipinski definition) is 1. The van der Waals surface area contributed by atoms with Crippen molar-refractivity contribution in [3.63, 3.8) is 0 Å². The summed E-state index contributed by atoms with van der Waals surface area (Å²) in [4.78, 5) is 0. The van der Waals surface area contributed by atoms with Crippen molar-refractivity contribution in [1.82, 2.24) is 0 Å². The first-order valence-electron chi connectivity index (χ1n) is 5.66. The second-order valence-corrected chi connectivity index (χ2v) is 4.68. The average Bonchev–Trinajstić information content (AvgIpc) is 3.03. The fourth-order valence-corrected chi connectivity index (χ4v) is 2.12. The molecule has 0 spiro atoms. The third-order valence-corrected chi connectivity index (χ3v) is 3.22. The van der Waals surface area contributed by atoms with E-state index >= 15 is 0 Å². The molecular weight excluding hydrogens is 208 g/mol. The second kappa shape index (κ2) is 4.89. The fraction of sp³-hybridized carbons (Fsp3) is 0.538. The van der Waals surface area contributed by atoms with Crippen molar-refractivity contribution in [1.29, 1.82) is 0 Å². The van der Waals surface area contributed by atoms with E-state index < -0.39 is 0 Å². The van der Waals surface area contributed by atoms with Gasteiger partial charge in [-0.05, 0) is 37.0 Å². The second-order valence-electron chi connectivity index (χ2n) is 4.15. The molecule has 2 rings (SSSR count). The SMILES string of the molecule is CCOc1ccc(C(Cl)CC2CC2)cc1. The minimum atomic E-state index is 0.174. The summed E-state index contributed by atoms with van der Waals surface area (Å²) in [5, 5.41) is 0.174. The van der Waals surface area contributed by atoms with E-state index in [-0.39, 0.29) is 5.38 Å². The van der Waals surface area contributed by atoms with Crippen LogP contribution in [-0.4, -0.2) is 6.61 Å². The molecule has 0 bridgehead atoms. The van der Waals surface area contributed by atoms with E-state index in [0.717, 1.165) is 18.1 Å². The van der Waals surface area contributed by atoms with Gasteiger partial charge < -0.3 is 4.74 Å². The highest BCUT2D eigenvalue weighted by atomic mass is 35.5. The number of alkyl halides is 1. The third kappa shape index (κ3) is 3.13. The van der Waals surface area contributed by atoms with Gasteiger partial charge in [0.2, 0.25) is 0 Å². The molecule has 15 heavy (non-hydrogen) atoms. The molecule has 1 saturated carbocycles. The maximum Gasteiger partial charge on any atom is 0.119 e. The van der Waals surface area contributed by atoms with E-state index in [4.69, 9.17) is 16.3 Å². The van der Waals surface area contributed by atoms with Crippen LogP contribution in [0, 0.1) is 5.92 Å². The molecular formula is C13H17ClO. The van der Waals surface area contributed by atoms with Crippen molar-refractivity contribution in [2.24, 2.45) is 5.92 Å². The molecule has 2 heteroatoms. The van der Waals surface area contributed by atoms with E-state index in [0.29, 0.717) is 6.61 Å². The minimum Gasteiger partial charge on any atom is -0.494 e. The molecule has 0 radical (unpaired) electrons. The summed E-state index contributed by atoms with van der Waals surface area (Å²) >= 11 is 6.33. The standard InChI is InChI=1S/C13H17ClO/c1-2-15-12-7-5-11(6-8-12)13(14)9-10-3-4-10/h5-8,10,13H,2-4,9H2,1H3. The predicted molar refractivity (Wildman–Crippen MR) is 63.5 cm³/mol. The number of rotatable bonds is 5. The maximum absolute atomic E-state index is 6.33. The average molecular weight is 225 g/mol. The number of benzene rings is 1. The highest BCUT2D eigenvalue weighted by Gasteiger charge is 2.25. The molecule has 1 unspecified atom stereocenters. The van der Waals surface area contributed by atoms with Crippen molar-refractivity contribution >= 4 is 11.6 Å². The molecule has 1 atom stereocenters. The van der Waals surface area contributed by atoms with Gasteiger partial charge in [0, 0.05) is 0 Å². The summed E-state index contributed by atoms with van der Waals surface area (Å²) in [6.07, 6.45) is 3.84. The van der Waals surface area contributed by atoms with Crippen LogP contribution < -0.4 is 4.74 Å². The van der Waals surface area contributed by atoms with E-state index in [1.165, 1.54) is 18.4 Å². The van der Waals surface area contributed by atoms with E-state index in [1.54, 1.807) is 0 Å². The van der Waals surface area contributed by atoms with Gasteiger partial charge in [-0.3, -0.25) is 0 Å². The van der Waals surface area contributed by atoms with Gasteiger partial charge in [0.05, 0.1) is 12.0 Å². The molecule has 1 aromatic carbocycles. The van der Waals surface area contributed by atoms with Crippen LogP contribution >= 0.6 is 11.6 Å². The summed E-state index contributed by atoms with van der Waals surface area (Å²) in [5.41, 5.74) is 1.21. The van der Waals surface area contributed by atoms with Crippen LogP contribution in [0.2, 0.25) is 0 Å². The normalized spacial score (nSPS) is 17.5. The minimum absolute atomic E-state index is 0.174. The molecule has 1 aliphatic carbocycles. The van der Waals surface area contributed by atoms with Gasteiger partial charge in [-0.1, -0.05) is 25.0 Å². The van der Waals surface area contributed by atoms with Crippen LogP contribution in [0.1, 0.15) is 37.1 Å². The zero-order valence-corrected chi connectivity index (χ0v) is 9.83. The molecule has 0 heterocycles. The monoisotopic (exact) mass is 224 g/mol. The van der Waals surface area contributed by atoms with Crippen LogP contribution in [0.4, 0.5) is 0 Å². The summed E-state index contributed by atoms with van der Waals surface area (Å²) in [5.74, 6) is 1.80. The Kier molecular flexibility index (Phi) is 3.53. The molecule has 0 aromatic heterocycles. The van der Waals surface area contributed by atoms with Crippen molar-refractivity contribution in [2.45, 2.75) is 31.6 Å². The van der Waals surface area contributed by atoms with Crippen LogP contribution in [0.3, 0.4) is 0 Å². The predicted octanol–water partition coefficient (Wildman–Crippen LogP) is 4.17. The molecule has 0 saturated heterocycles. The Labute approximate surface area is 96.4 Å². The first-order valence-corrected chi connectivity index (χ1v) is 6.10. The van der Waals surface area contributed by atoms with Crippen LogP contribution in [0.5, 0.6) is 5.75 Å². The Hall–Kier alpha value is -0.690. The Balaban J connectivity index is 1.95. The van der Waals surface area contributed by atoms with Gasteiger partial charge in [-0.15, -0.1) is 11.6 Å². The van der Waals surface area contributed by atoms with Gasteiger partial charge >= 0.3 is 0 Å². The Morgan fingerprint density at radius 1 is 1.33 bits per heavy atom. The van der Waals surface area contributed by atoms with Crippen LogP contribution in [0.25, 0.3) is 0 Å². The Morgan fingerprint density at radius 2 is 2.00 bits per heavy atom. The van der Waals surface area contributed by atoms with Crippen LogP contribution in [-0.2, 0) is 0 Å². The van der Waals surface area contributed by atoms with Gasteiger partial charge in [-0.25, -0.2) is 0 Å². The summed E-state index contributed by atoms with van der Waals surface area (Å²) < 4.78 is 5.39. The van der Waals surface area contributed by atoms with Gasteiger partial charge in [0.25, 0.3) is 0 Å². The van der Waals surface area contributed by atoms with Crippen molar-refractivity contribution in [2.75, 3.05) is 6.61 Å². The lowest BCUT2D eigenvalue weighted by molar-refractivity contribution is 0.340. The lowest BCUT2D eigenvalue weighted by Gasteiger charge is -2.10. The van der Waals surface area contributed by atoms with E-state index in [9.17, 15) is 0 Å². The number of hydrogen-bond donors (Lipinski definition) is 0. The lowest BCUT2D eigenvalue weighted by atomic mass is 10.1. The molecule has 1 aliphatic rings. The van der Waals surface area contributed by atoms with Gasteiger partial charge in [0.1, 0.15) is 5.75 Å². The Bertz CT molecular complexity index is 303. The largest absolute Gasteiger partial charge is 0.494 e. The fourth-order valence-electron chi connectivity index (χ4n) is 1.72. The summed E-state index contributed by atoms with van der Waals surface area (Å²) in [6.45, 7) is 2.71. The van der Waals surface area contributed by atoms with Crippen molar-refractivity contribution in [3.8, 4) is 5.75 Å². The van der Waals surface area contributed by atoms with Crippen molar-refractivity contribution in [3.05, 3.63) is 29.8 Å². The summed E-state index contributed by atoms with van der Waals surface area (Å²) in [6, 6.07) is 8.15. The zero-order valence-electron chi connectivity index (χ0n) is 9.08. The Morgan fingerprint density at radius 3 is 2.53 bits per heavy atom. The molecule has 1 nitrogen and oxygen atoms in total. The first-order chi connectivity index (χ1) is 7.29. The molecule has 0 aliphatic heterocycles. The van der Waals surface area contributed by atoms with E-state index in [2.05, 4.69) is 12.1 Å². The summed E-state index contributed by atoms with van der Waals surface area (Å²) in [7, 11) is 0. The molecule has 82 valence electrons. The topological polar surface area (TPSA) is 9.23 Å². The molecule has 1 aromatic rings. The molecule has 1 fully saturated rings. The van der Waals surface area contributed by atoms with Gasteiger partial charge in [-0.2, -0.15) is 0 Å². The quantitative estimate of drug-likeness (QED) is 0.683. The highest BCUT2D eigenvalue weighted by Crippen LogP contribution is 2.40. The highest BCUT2D eigenvalue weighted by molar-refractivity contribution is 6.20. The molecule has 0 N–H and O–H groups in total. The number of halogens is 1. The number of ether oxygens (including phenoxy) is 1. The maximum atomic E-state index is 6.33. The smallest absolute Gasteiger partial charge is 0.119 e. The van der Waals surface area contributed by atoms with Crippen molar-refractivity contribution < 1.29 is 4.74 Å². The van der Waals surface area contributed by atoms with Crippen LogP contribution in [0.15, 0.2) is 24.3 Å². The third-order valence-electron chi connectivity index (χ3n) is 2.79. The lowest BCUT2D eigenvalue weighted by Crippen LogP contribution is -1.94. The first kappa shape index (κ1) is 10.8. The zero-order chi connectivity index (χ0) is 10.7.